The predicted octanol–water partition coefficient (Wildman–Crippen LogP) is 1.82. The average Bonchev–Trinajstić information content (AvgIpc) is 2.87. The minimum Gasteiger partial charge on any atom is -0.469 e. The fourth-order valence-corrected chi connectivity index (χ4v) is 1.79. The number of nitrogens with zero attached hydrogens (tertiary/aromatic N) is 1. The molecule has 0 fully saturated rings. The van der Waals surface area contributed by atoms with Crippen LogP contribution in [0.4, 0.5) is 0 Å². The van der Waals surface area contributed by atoms with Crippen molar-refractivity contribution in [2.24, 2.45) is 4.99 Å². The highest BCUT2D eigenvalue weighted by Gasteiger charge is 2.29. The summed E-state index contributed by atoms with van der Waals surface area (Å²) in [5, 5.41) is 6.27. The lowest BCUT2D eigenvalue weighted by molar-refractivity contribution is 0.506. The predicted molar refractivity (Wildman–Crippen MR) is 101 cm³/mol. The maximum atomic E-state index is 11.7. The van der Waals surface area contributed by atoms with Crippen LogP contribution in [0.3, 0.4) is 0 Å². The molecule has 0 radical (unpaired) electrons. The largest absolute Gasteiger partial charge is 0.469 e. The van der Waals surface area contributed by atoms with Crippen molar-refractivity contribution in [3.63, 3.8) is 0 Å². The standard InChI is InChI=1S/C14H25N3O3S.HI/c1-5-15-13(16-9-8-12-7-6-10-20-12)17-11-14(2,3)21(4,18)19;/h6-7,10H,5,8-9,11H2,1-4H3,(H2,15,16,17);1H. The van der Waals surface area contributed by atoms with Crippen molar-refractivity contribution in [1.82, 2.24) is 10.6 Å². The molecule has 1 heterocycles. The van der Waals surface area contributed by atoms with Gasteiger partial charge in [0.15, 0.2) is 15.8 Å². The van der Waals surface area contributed by atoms with Crippen molar-refractivity contribution in [1.29, 1.82) is 0 Å². The molecule has 2 N–H and O–H groups in total. The molecule has 8 heteroatoms. The third-order valence-corrected chi connectivity index (χ3v) is 5.35. The number of sulfone groups is 1. The average molecular weight is 443 g/mol. The minimum absolute atomic E-state index is 0. The Morgan fingerprint density at radius 1 is 1.36 bits per heavy atom. The summed E-state index contributed by atoms with van der Waals surface area (Å²) in [6.45, 7) is 6.91. The highest BCUT2D eigenvalue weighted by molar-refractivity contribution is 14.0. The molecule has 0 aliphatic heterocycles. The Bertz CT molecular complexity index is 554. The van der Waals surface area contributed by atoms with Crippen molar-refractivity contribution < 1.29 is 12.8 Å². The third-order valence-electron chi connectivity index (χ3n) is 3.21. The number of nitrogens with one attached hydrogen (secondary N) is 2. The molecule has 0 bridgehead atoms. The molecule has 0 aliphatic rings. The topological polar surface area (TPSA) is 83.7 Å². The quantitative estimate of drug-likeness (QED) is 0.382. The SMILES string of the molecule is CCNC(=NCC(C)(C)S(C)(=O)=O)NCCc1ccco1.I. The van der Waals surface area contributed by atoms with E-state index in [1.807, 2.05) is 19.1 Å². The molecular weight excluding hydrogens is 417 g/mol. The number of hydrogen-bond donors (Lipinski definition) is 2. The van der Waals surface area contributed by atoms with E-state index in [2.05, 4.69) is 15.6 Å². The number of hydrogen-bond acceptors (Lipinski definition) is 4. The van der Waals surface area contributed by atoms with Gasteiger partial charge in [0.05, 0.1) is 17.6 Å². The van der Waals surface area contributed by atoms with Crippen LogP contribution in [0.2, 0.25) is 0 Å². The number of guanidine groups is 1. The molecule has 0 unspecified atom stereocenters. The molecule has 1 aromatic heterocycles. The van der Waals surface area contributed by atoms with E-state index in [0.29, 0.717) is 19.0 Å². The van der Waals surface area contributed by atoms with Crippen LogP contribution in [0, 0.1) is 0 Å². The van der Waals surface area contributed by atoms with Crippen LogP contribution in [-0.4, -0.2) is 45.0 Å². The summed E-state index contributed by atoms with van der Waals surface area (Å²) in [4.78, 5) is 4.36. The Labute approximate surface area is 150 Å². The van der Waals surface area contributed by atoms with Gasteiger partial charge in [-0.1, -0.05) is 0 Å². The summed E-state index contributed by atoms with van der Waals surface area (Å²) in [5.74, 6) is 1.51. The maximum absolute atomic E-state index is 11.7. The van der Waals surface area contributed by atoms with Crippen LogP contribution in [0.5, 0.6) is 0 Å². The summed E-state index contributed by atoms with van der Waals surface area (Å²) in [6.07, 6.45) is 3.62. The fraction of sp³-hybridized carbons (Fsp3) is 0.643. The molecule has 0 amide bonds. The minimum atomic E-state index is -3.15. The van der Waals surface area contributed by atoms with E-state index in [-0.39, 0.29) is 30.5 Å². The normalized spacial score (nSPS) is 12.6. The molecule has 0 atom stereocenters. The van der Waals surface area contributed by atoms with Gasteiger partial charge in [0.2, 0.25) is 0 Å². The summed E-state index contributed by atoms with van der Waals surface area (Å²) in [6, 6.07) is 3.77. The lowest BCUT2D eigenvalue weighted by atomic mass is 10.2. The summed E-state index contributed by atoms with van der Waals surface area (Å²) < 4.78 is 27.7. The zero-order valence-corrected chi connectivity index (χ0v) is 16.7. The van der Waals surface area contributed by atoms with Gasteiger partial charge < -0.3 is 15.1 Å². The monoisotopic (exact) mass is 443 g/mol. The maximum Gasteiger partial charge on any atom is 0.191 e. The van der Waals surface area contributed by atoms with Crippen molar-refractivity contribution in [2.75, 3.05) is 25.9 Å². The lowest BCUT2D eigenvalue weighted by Gasteiger charge is -2.21. The van der Waals surface area contributed by atoms with Crippen LogP contribution >= 0.6 is 24.0 Å². The van der Waals surface area contributed by atoms with Crippen LogP contribution in [0.15, 0.2) is 27.8 Å². The molecule has 0 saturated heterocycles. The molecule has 6 nitrogen and oxygen atoms in total. The molecule has 0 aliphatic carbocycles. The Balaban J connectivity index is 0.00000441. The van der Waals surface area contributed by atoms with Crippen LogP contribution < -0.4 is 10.6 Å². The van der Waals surface area contributed by atoms with Gasteiger partial charge in [-0.25, -0.2) is 8.42 Å². The van der Waals surface area contributed by atoms with E-state index >= 15 is 0 Å². The number of furan rings is 1. The van der Waals surface area contributed by atoms with Gasteiger partial charge in [-0.2, -0.15) is 0 Å². The number of aliphatic imine (C=N–C) groups is 1. The van der Waals surface area contributed by atoms with Gasteiger partial charge >= 0.3 is 0 Å². The summed E-state index contributed by atoms with van der Waals surface area (Å²) >= 11 is 0. The first-order valence-electron chi connectivity index (χ1n) is 7.00. The highest BCUT2D eigenvalue weighted by atomic mass is 127. The van der Waals surface area contributed by atoms with Gasteiger partial charge in [0.25, 0.3) is 0 Å². The van der Waals surface area contributed by atoms with Crippen molar-refractivity contribution in [2.45, 2.75) is 31.9 Å². The first kappa shape index (κ1) is 21.2. The number of halogens is 1. The van der Waals surface area contributed by atoms with E-state index in [1.165, 1.54) is 6.26 Å². The Morgan fingerprint density at radius 3 is 2.55 bits per heavy atom. The molecule has 22 heavy (non-hydrogen) atoms. The fourth-order valence-electron chi connectivity index (χ4n) is 1.49. The molecule has 128 valence electrons. The molecule has 0 saturated carbocycles. The van der Waals surface area contributed by atoms with E-state index in [1.54, 1.807) is 20.1 Å². The zero-order chi connectivity index (χ0) is 15.9. The molecule has 0 aromatic carbocycles. The van der Waals surface area contributed by atoms with Crippen LogP contribution in [0.1, 0.15) is 26.5 Å². The van der Waals surface area contributed by atoms with E-state index in [9.17, 15) is 8.42 Å². The molecule has 1 aromatic rings. The third kappa shape index (κ3) is 6.99. The van der Waals surface area contributed by atoms with Gasteiger partial charge in [0, 0.05) is 25.8 Å². The van der Waals surface area contributed by atoms with Gasteiger partial charge in [0.1, 0.15) is 5.76 Å². The first-order valence-corrected chi connectivity index (χ1v) is 8.89. The summed E-state index contributed by atoms with van der Waals surface area (Å²) in [5.41, 5.74) is 0. The van der Waals surface area contributed by atoms with Gasteiger partial charge in [-0.3, -0.25) is 4.99 Å². The van der Waals surface area contributed by atoms with E-state index in [4.69, 9.17) is 4.42 Å². The van der Waals surface area contributed by atoms with Gasteiger partial charge in [-0.15, -0.1) is 24.0 Å². The zero-order valence-electron chi connectivity index (χ0n) is 13.5. The van der Waals surface area contributed by atoms with E-state index in [0.717, 1.165) is 12.2 Å². The smallest absolute Gasteiger partial charge is 0.191 e. The van der Waals surface area contributed by atoms with Crippen LogP contribution in [-0.2, 0) is 16.3 Å². The van der Waals surface area contributed by atoms with Crippen molar-refractivity contribution >= 4 is 39.8 Å². The Kier molecular flexibility index (Phi) is 9.06. The molecular formula is C14H26IN3O3S. The lowest BCUT2D eigenvalue weighted by Crippen LogP contribution is -2.41. The Hall–Kier alpha value is -0.770. The second kappa shape index (κ2) is 9.39. The first-order chi connectivity index (χ1) is 9.76. The molecule has 1 rings (SSSR count). The summed E-state index contributed by atoms with van der Waals surface area (Å²) in [7, 11) is -3.15. The second-order valence-corrected chi connectivity index (χ2v) is 8.13. The van der Waals surface area contributed by atoms with Crippen molar-refractivity contribution in [3.05, 3.63) is 24.2 Å². The number of rotatable bonds is 7. The second-order valence-electron chi connectivity index (χ2n) is 5.48. The van der Waals surface area contributed by atoms with E-state index < -0.39 is 14.6 Å². The van der Waals surface area contributed by atoms with Gasteiger partial charge in [-0.05, 0) is 32.9 Å². The Morgan fingerprint density at radius 2 is 2.05 bits per heavy atom. The molecule has 0 spiro atoms. The van der Waals surface area contributed by atoms with Crippen molar-refractivity contribution in [3.8, 4) is 0 Å². The highest BCUT2D eigenvalue weighted by Crippen LogP contribution is 2.15. The van der Waals surface area contributed by atoms with Crippen LogP contribution in [0.25, 0.3) is 0 Å².